The Labute approximate surface area is 218 Å². The van der Waals surface area contributed by atoms with Crippen LogP contribution in [0.3, 0.4) is 0 Å². The Balaban J connectivity index is 1.79. The van der Waals surface area contributed by atoms with Gasteiger partial charge in [-0.1, -0.05) is 88.0 Å². The molecule has 0 aliphatic heterocycles. The van der Waals surface area contributed by atoms with Gasteiger partial charge < -0.3 is 10.2 Å². The second kappa shape index (κ2) is 7.11. The van der Waals surface area contributed by atoms with Crippen LogP contribution in [0.25, 0.3) is 22.3 Å². The summed E-state index contributed by atoms with van der Waals surface area (Å²) < 4.78 is 3.36. The van der Waals surface area contributed by atoms with E-state index < -0.39 is 11.2 Å². The second-order valence-electron chi connectivity index (χ2n) is 8.18. The van der Waals surface area contributed by atoms with E-state index in [0.29, 0.717) is 22.3 Å². The van der Waals surface area contributed by atoms with Gasteiger partial charge in [0.05, 0.1) is 0 Å². The largest absolute Gasteiger partial charge is 0.377 e. The summed E-state index contributed by atoms with van der Waals surface area (Å²) in [5.41, 5.74) is 2.88. The Morgan fingerprint density at radius 1 is 0.406 bits per heavy atom. The van der Waals surface area contributed by atoms with E-state index in [-0.39, 0.29) is 0 Å². The van der Waals surface area contributed by atoms with E-state index in [9.17, 15) is 10.2 Å². The third-order valence-electron chi connectivity index (χ3n) is 6.59. The van der Waals surface area contributed by atoms with Crippen molar-refractivity contribution in [3.63, 3.8) is 0 Å². The van der Waals surface area contributed by atoms with Crippen molar-refractivity contribution in [3.05, 3.63) is 113 Å². The second-order valence-corrected chi connectivity index (χ2v) is 11.8. The number of rotatable bonds is 1. The van der Waals surface area contributed by atoms with E-state index in [1.807, 2.05) is 72.8 Å². The lowest BCUT2D eigenvalue weighted by atomic mass is 9.70. The van der Waals surface area contributed by atoms with Crippen LogP contribution < -0.4 is 0 Å². The van der Waals surface area contributed by atoms with Gasteiger partial charge in [-0.25, -0.2) is 0 Å². The van der Waals surface area contributed by atoms with Crippen LogP contribution in [-0.4, -0.2) is 10.2 Å². The summed E-state index contributed by atoms with van der Waals surface area (Å²) in [5.74, 6) is 0. The molecule has 2 N–H and O–H groups in total. The molecule has 4 aromatic carbocycles. The lowest BCUT2D eigenvalue weighted by Gasteiger charge is -2.42. The molecule has 0 amide bonds. The molecule has 0 atom stereocenters. The summed E-state index contributed by atoms with van der Waals surface area (Å²) >= 11 is 14.3. The molecule has 0 fully saturated rings. The topological polar surface area (TPSA) is 40.5 Å². The van der Waals surface area contributed by atoms with Gasteiger partial charge in [-0.15, -0.1) is 0 Å². The summed E-state index contributed by atoms with van der Waals surface area (Å²) in [6.07, 6.45) is 0. The summed E-state index contributed by atoms with van der Waals surface area (Å²) in [7, 11) is 0. The zero-order chi connectivity index (χ0) is 22.4. The third kappa shape index (κ3) is 2.62. The molecule has 2 aliphatic rings. The number of hydrogen-bond acceptors (Lipinski definition) is 2. The predicted octanol–water partition coefficient (Wildman–Crippen LogP) is 7.87. The highest BCUT2D eigenvalue weighted by molar-refractivity contribution is 9.11. The predicted molar refractivity (Wildman–Crippen MR) is 141 cm³/mol. The van der Waals surface area contributed by atoms with E-state index in [1.54, 1.807) is 0 Å². The lowest BCUT2D eigenvalue weighted by Crippen LogP contribution is -2.49. The van der Waals surface area contributed by atoms with Crippen LogP contribution >= 0.6 is 63.7 Å². The maximum absolute atomic E-state index is 12.8. The first-order valence-corrected chi connectivity index (χ1v) is 13.1. The smallest absolute Gasteiger partial charge is 0.153 e. The van der Waals surface area contributed by atoms with Gasteiger partial charge >= 0.3 is 0 Å². The van der Waals surface area contributed by atoms with Crippen molar-refractivity contribution in [2.45, 2.75) is 11.2 Å². The molecule has 32 heavy (non-hydrogen) atoms. The van der Waals surface area contributed by atoms with Crippen LogP contribution in [0, 0.1) is 0 Å². The number of aliphatic hydroxyl groups is 2. The van der Waals surface area contributed by atoms with Crippen LogP contribution in [-0.2, 0) is 11.2 Å². The van der Waals surface area contributed by atoms with Crippen LogP contribution in [0.2, 0.25) is 0 Å². The molecular weight excluding hydrogens is 664 g/mol. The molecule has 6 rings (SSSR count). The Bertz CT molecular complexity index is 1250. The van der Waals surface area contributed by atoms with Crippen LogP contribution in [0.15, 0.2) is 90.7 Å². The van der Waals surface area contributed by atoms with E-state index in [4.69, 9.17) is 0 Å². The van der Waals surface area contributed by atoms with Gasteiger partial charge in [0.1, 0.15) is 0 Å². The zero-order valence-corrected chi connectivity index (χ0v) is 22.7. The van der Waals surface area contributed by atoms with Crippen molar-refractivity contribution in [2.75, 3.05) is 0 Å². The fourth-order valence-corrected chi connectivity index (χ4v) is 6.72. The normalized spacial score (nSPS) is 16.3. The quantitative estimate of drug-likeness (QED) is 0.215. The van der Waals surface area contributed by atoms with Gasteiger partial charge in [-0.3, -0.25) is 0 Å². The Kier molecular flexibility index (Phi) is 4.72. The van der Waals surface area contributed by atoms with E-state index >= 15 is 0 Å². The van der Waals surface area contributed by atoms with Crippen molar-refractivity contribution in [1.82, 2.24) is 0 Å². The van der Waals surface area contributed by atoms with Crippen molar-refractivity contribution in [3.8, 4) is 22.3 Å². The highest BCUT2D eigenvalue weighted by Gasteiger charge is 2.62. The summed E-state index contributed by atoms with van der Waals surface area (Å²) in [6, 6.07) is 23.5. The van der Waals surface area contributed by atoms with Gasteiger partial charge in [0.2, 0.25) is 0 Å². The van der Waals surface area contributed by atoms with Gasteiger partial charge in [0, 0.05) is 40.1 Å². The highest BCUT2D eigenvalue weighted by Crippen LogP contribution is 2.63. The summed E-state index contributed by atoms with van der Waals surface area (Å²) in [4.78, 5) is 0. The minimum absolute atomic E-state index is 0.668. The van der Waals surface area contributed by atoms with E-state index in [1.165, 1.54) is 0 Å². The molecule has 2 aliphatic carbocycles. The van der Waals surface area contributed by atoms with Crippen molar-refractivity contribution >= 4 is 63.7 Å². The van der Waals surface area contributed by atoms with Gasteiger partial charge in [-0.05, 0) is 70.8 Å². The maximum atomic E-state index is 12.8. The SMILES string of the molecule is OC1(C2(O)c3cc(Br)ccc3-c3ccc(Br)cc32)c2cc(Br)ccc2-c2ccc(Br)cc21. The van der Waals surface area contributed by atoms with Crippen LogP contribution in [0.1, 0.15) is 22.3 Å². The van der Waals surface area contributed by atoms with E-state index in [2.05, 4.69) is 63.7 Å². The molecule has 0 saturated carbocycles. The molecule has 0 heterocycles. The third-order valence-corrected chi connectivity index (χ3v) is 8.56. The number of fused-ring (bicyclic) bond motifs is 6. The number of benzene rings is 4. The van der Waals surface area contributed by atoms with Gasteiger partial charge in [-0.2, -0.15) is 0 Å². The van der Waals surface area contributed by atoms with E-state index in [0.717, 1.165) is 40.1 Å². The fraction of sp³-hybridized carbons (Fsp3) is 0.0769. The van der Waals surface area contributed by atoms with Crippen molar-refractivity contribution < 1.29 is 10.2 Å². The summed E-state index contributed by atoms with van der Waals surface area (Å²) in [5, 5.41) is 25.5. The molecule has 0 spiro atoms. The molecule has 6 heteroatoms. The molecule has 0 radical (unpaired) electrons. The Hall–Kier alpha value is -1.28. The van der Waals surface area contributed by atoms with Crippen molar-refractivity contribution in [2.24, 2.45) is 0 Å². The van der Waals surface area contributed by atoms with Gasteiger partial charge in [0.25, 0.3) is 0 Å². The minimum atomic E-state index is -1.72. The van der Waals surface area contributed by atoms with Gasteiger partial charge in [0.15, 0.2) is 11.2 Å². The monoisotopic (exact) mass is 674 g/mol. The first kappa shape index (κ1) is 21.3. The molecule has 4 aromatic rings. The molecular formula is C26H14Br4O2. The average molecular weight is 678 g/mol. The first-order valence-electron chi connectivity index (χ1n) is 9.91. The van der Waals surface area contributed by atoms with Crippen LogP contribution in [0.5, 0.6) is 0 Å². The standard InChI is InChI=1S/C26H14Br4O2/c27-13-1-5-17-18-6-2-14(28)10-22(18)25(31,21(17)9-13)26(32)23-11-15(29)3-7-19(23)20-8-4-16(30)12-24(20)26/h1-12,31-32H. The van der Waals surface area contributed by atoms with Crippen molar-refractivity contribution in [1.29, 1.82) is 0 Å². The zero-order valence-electron chi connectivity index (χ0n) is 16.3. The first-order chi connectivity index (χ1) is 15.2. The molecule has 158 valence electrons. The maximum Gasteiger partial charge on any atom is 0.153 e. The molecule has 0 bridgehead atoms. The Morgan fingerprint density at radius 2 is 0.625 bits per heavy atom. The summed E-state index contributed by atoms with van der Waals surface area (Å²) in [6.45, 7) is 0. The molecule has 0 unspecified atom stereocenters. The molecule has 0 saturated heterocycles. The average Bonchev–Trinajstić information content (AvgIpc) is 3.16. The Morgan fingerprint density at radius 3 is 0.844 bits per heavy atom. The number of halogens is 4. The highest BCUT2D eigenvalue weighted by atomic mass is 79.9. The molecule has 2 nitrogen and oxygen atoms in total. The lowest BCUT2D eigenvalue weighted by molar-refractivity contribution is -0.107. The fourth-order valence-electron chi connectivity index (χ4n) is 5.27. The number of hydrogen-bond donors (Lipinski definition) is 2. The molecule has 0 aromatic heterocycles. The minimum Gasteiger partial charge on any atom is -0.377 e. The van der Waals surface area contributed by atoms with Crippen LogP contribution in [0.4, 0.5) is 0 Å².